The maximum atomic E-state index is 12.0. The highest BCUT2D eigenvalue weighted by atomic mass is 16.2. The normalized spacial score (nSPS) is 10.8. The van der Waals surface area contributed by atoms with Crippen LogP contribution in [0.15, 0.2) is 65.8 Å². The number of hydrogen-bond acceptors (Lipinski definition) is 3. The Labute approximate surface area is 134 Å². The number of rotatable bonds is 4. The molecule has 0 atom stereocenters. The second kappa shape index (κ2) is 6.70. The fraction of sp³-hybridized carbons (Fsp3) is 0.0556. The van der Waals surface area contributed by atoms with Crippen molar-refractivity contribution in [3.63, 3.8) is 0 Å². The molecule has 0 bridgehead atoms. The number of nitrogens with zero attached hydrogens (tertiary/aromatic N) is 2. The summed E-state index contributed by atoms with van der Waals surface area (Å²) in [6, 6.07) is 19.2. The van der Waals surface area contributed by atoms with Crippen LogP contribution in [0, 0.1) is 6.92 Å². The van der Waals surface area contributed by atoms with Crippen LogP contribution in [0.25, 0.3) is 11.3 Å². The molecule has 3 rings (SSSR count). The highest BCUT2D eigenvalue weighted by molar-refractivity contribution is 5.94. The number of carbonyl (C=O) groups is 1. The van der Waals surface area contributed by atoms with Crippen molar-refractivity contribution in [3.05, 3.63) is 77.5 Å². The Kier molecular flexibility index (Phi) is 4.29. The fourth-order valence-corrected chi connectivity index (χ4v) is 2.08. The molecule has 0 saturated heterocycles. The molecule has 0 fully saturated rings. The van der Waals surface area contributed by atoms with Gasteiger partial charge in [-0.15, -0.1) is 0 Å². The first kappa shape index (κ1) is 14.7. The van der Waals surface area contributed by atoms with E-state index in [4.69, 9.17) is 0 Å². The van der Waals surface area contributed by atoms with Gasteiger partial charge in [0.2, 0.25) is 0 Å². The molecule has 0 spiro atoms. The number of amides is 1. The maximum absolute atomic E-state index is 12.0. The molecule has 1 amide bonds. The van der Waals surface area contributed by atoms with Gasteiger partial charge in [-0.25, -0.2) is 5.43 Å². The third kappa shape index (κ3) is 3.71. The molecular formula is C18H16N4O. The monoisotopic (exact) mass is 304 g/mol. The molecule has 0 aliphatic rings. The lowest BCUT2D eigenvalue weighted by Crippen LogP contribution is -2.17. The first-order valence-corrected chi connectivity index (χ1v) is 7.23. The lowest BCUT2D eigenvalue weighted by Gasteiger charge is -1.96. The van der Waals surface area contributed by atoms with Crippen LogP contribution in [-0.2, 0) is 0 Å². The van der Waals surface area contributed by atoms with E-state index in [-0.39, 0.29) is 5.91 Å². The van der Waals surface area contributed by atoms with Crippen LogP contribution in [0.3, 0.4) is 0 Å². The van der Waals surface area contributed by atoms with E-state index in [1.54, 1.807) is 12.3 Å². The van der Waals surface area contributed by atoms with Gasteiger partial charge in [-0.05, 0) is 18.6 Å². The van der Waals surface area contributed by atoms with E-state index in [9.17, 15) is 4.79 Å². The molecule has 1 aromatic heterocycles. The molecule has 114 valence electrons. The molecule has 23 heavy (non-hydrogen) atoms. The zero-order chi connectivity index (χ0) is 16.1. The Morgan fingerprint density at radius 1 is 1.13 bits per heavy atom. The van der Waals surface area contributed by atoms with E-state index in [1.807, 2.05) is 61.5 Å². The number of aromatic nitrogens is 2. The molecule has 5 heteroatoms. The van der Waals surface area contributed by atoms with Crippen molar-refractivity contribution >= 4 is 12.1 Å². The molecule has 0 radical (unpaired) electrons. The van der Waals surface area contributed by atoms with Gasteiger partial charge >= 0.3 is 0 Å². The van der Waals surface area contributed by atoms with Crippen molar-refractivity contribution < 1.29 is 4.79 Å². The summed E-state index contributed by atoms with van der Waals surface area (Å²) in [5.74, 6) is -0.331. The van der Waals surface area contributed by atoms with Crippen LogP contribution in [0.5, 0.6) is 0 Å². The van der Waals surface area contributed by atoms with Crippen molar-refractivity contribution in [1.82, 2.24) is 15.6 Å². The number of aromatic amines is 1. The van der Waals surface area contributed by atoms with Crippen LogP contribution >= 0.6 is 0 Å². The summed E-state index contributed by atoms with van der Waals surface area (Å²) in [6.07, 6.45) is 1.59. The van der Waals surface area contributed by atoms with Crippen LogP contribution in [0.2, 0.25) is 0 Å². The molecule has 1 heterocycles. The Balaban J connectivity index is 1.67. The SMILES string of the molecule is Cc1ccc(-c2cc(C(=O)NN=Cc3ccccc3)[nH]n2)cc1. The van der Waals surface area contributed by atoms with Gasteiger partial charge in [0.25, 0.3) is 5.91 Å². The van der Waals surface area contributed by atoms with Crippen LogP contribution in [-0.4, -0.2) is 22.3 Å². The zero-order valence-corrected chi connectivity index (χ0v) is 12.7. The number of aryl methyl sites for hydroxylation is 1. The molecule has 0 saturated carbocycles. The fourth-order valence-electron chi connectivity index (χ4n) is 2.08. The van der Waals surface area contributed by atoms with Crippen LogP contribution in [0.1, 0.15) is 21.6 Å². The molecular weight excluding hydrogens is 288 g/mol. The number of H-pyrrole nitrogens is 1. The smallest absolute Gasteiger partial charge is 0.272 e. The summed E-state index contributed by atoms with van der Waals surface area (Å²) < 4.78 is 0. The van der Waals surface area contributed by atoms with Crippen molar-refractivity contribution in [3.8, 4) is 11.3 Å². The third-order valence-corrected chi connectivity index (χ3v) is 3.35. The van der Waals surface area contributed by atoms with Gasteiger partial charge in [-0.1, -0.05) is 60.2 Å². The number of hydrazone groups is 1. The second-order valence-electron chi connectivity index (χ2n) is 5.14. The molecule has 0 aliphatic heterocycles. The summed E-state index contributed by atoms with van der Waals surface area (Å²) >= 11 is 0. The second-order valence-corrected chi connectivity index (χ2v) is 5.14. The van der Waals surface area contributed by atoms with Gasteiger partial charge in [0.15, 0.2) is 0 Å². The summed E-state index contributed by atoms with van der Waals surface area (Å²) in [7, 11) is 0. The maximum Gasteiger partial charge on any atom is 0.289 e. The van der Waals surface area contributed by atoms with E-state index >= 15 is 0 Å². The van der Waals surface area contributed by atoms with Crippen molar-refractivity contribution in [2.24, 2.45) is 5.10 Å². The first-order valence-electron chi connectivity index (χ1n) is 7.23. The minimum Gasteiger partial charge on any atom is -0.272 e. The lowest BCUT2D eigenvalue weighted by molar-refractivity contribution is 0.0950. The van der Waals surface area contributed by atoms with Gasteiger partial charge < -0.3 is 0 Å². The number of benzene rings is 2. The van der Waals surface area contributed by atoms with Crippen molar-refractivity contribution in [2.45, 2.75) is 6.92 Å². The summed E-state index contributed by atoms with van der Waals surface area (Å²) in [4.78, 5) is 12.0. The lowest BCUT2D eigenvalue weighted by atomic mass is 10.1. The van der Waals surface area contributed by atoms with Gasteiger partial charge in [0, 0.05) is 5.56 Å². The van der Waals surface area contributed by atoms with E-state index in [0.29, 0.717) is 5.69 Å². The van der Waals surface area contributed by atoms with Crippen molar-refractivity contribution in [1.29, 1.82) is 0 Å². The van der Waals surface area contributed by atoms with Crippen LogP contribution < -0.4 is 5.43 Å². The number of nitrogens with one attached hydrogen (secondary N) is 2. The Morgan fingerprint density at radius 3 is 2.61 bits per heavy atom. The van der Waals surface area contributed by atoms with Gasteiger partial charge in [-0.3, -0.25) is 9.89 Å². The average Bonchev–Trinajstić information content (AvgIpc) is 3.06. The van der Waals surface area contributed by atoms with Crippen LogP contribution in [0.4, 0.5) is 0 Å². The summed E-state index contributed by atoms with van der Waals surface area (Å²) in [5, 5.41) is 10.8. The van der Waals surface area contributed by atoms with Crippen molar-refractivity contribution in [2.75, 3.05) is 0 Å². The molecule has 0 unspecified atom stereocenters. The molecule has 2 N–H and O–H groups in total. The predicted molar refractivity (Wildman–Crippen MR) is 90.3 cm³/mol. The molecule has 3 aromatic rings. The largest absolute Gasteiger partial charge is 0.289 e. The Bertz CT molecular complexity index is 820. The minimum absolute atomic E-state index is 0.331. The topological polar surface area (TPSA) is 70.1 Å². The third-order valence-electron chi connectivity index (χ3n) is 3.35. The highest BCUT2D eigenvalue weighted by Crippen LogP contribution is 2.18. The zero-order valence-electron chi connectivity index (χ0n) is 12.7. The number of carbonyl (C=O) groups excluding carboxylic acids is 1. The molecule has 2 aromatic carbocycles. The minimum atomic E-state index is -0.331. The standard InChI is InChI=1S/C18H16N4O/c1-13-7-9-15(10-8-13)16-11-17(21-20-16)18(23)22-19-12-14-5-3-2-4-6-14/h2-12H,1H3,(H,20,21)(H,22,23). The molecule has 0 aliphatic carbocycles. The predicted octanol–water partition coefficient (Wildman–Crippen LogP) is 3.15. The molecule has 5 nitrogen and oxygen atoms in total. The van der Waals surface area contributed by atoms with Gasteiger partial charge in [0.05, 0.1) is 11.9 Å². The summed E-state index contributed by atoms with van der Waals surface area (Å²) in [6.45, 7) is 2.03. The quantitative estimate of drug-likeness (QED) is 0.574. The Hall–Kier alpha value is -3.21. The Morgan fingerprint density at radius 2 is 1.87 bits per heavy atom. The van der Waals surface area contributed by atoms with E-state index in [1.165, 1.54) is 5.56 Å². The van der Waals surface area contributed by atoms with E-state index in [2.05, 4.69) is 20.7 Å². The van der Waals surface area contributed by atoms with E-state index in [0.717, 1.165) is 16.8 Å². The summed E-state index contributed by atoms with van der Waals surface area (Å²) in [5.41, 5.74) is 6.62. The van der Waals surface area contributed by atoms with E-state index < -0.39 is 0 Å². The first-order chi connectivity index (χ1) is 11.2. The average molecular weight is 304 g/mol. The van der Waals surface area contributed by atoms with Gasteiger partial charge in [-0.2, -0.15) is 10.2 Å². The number of hydrogen-bond donors (Lipinski definition) is 2. The highest BCUT2D eigenvalue weighted by Gasteiger charge is 2.10. The van der Waals surface area contributed by atoms with Gasteiger partial charge in [0.1, 0.15) is 5.69 Å².